The zero-order valence-electron chi connectivity index (χ0n) is 13.2. The molecular weight excluding hydrogens is 323 g/mol. The van der Waals surface area contributed by atoms with Crippen molar-refractivity contribution in [3.05, 3.63) is 66.0 Å². The number of hydrogen-bond acceptors (Lipinski definition) is 3. The summed E-state index contributed by atoms with van der Waals surface area (Å²) in [6, 6.07) is 11.3. The number of nitrogens with zero attached hydrogens (tertiary/aromatic N) is 2. The predicted octanol–water partition coefficient (Wildman–Crippen LogP) is 2.62. The van der Waals surface area contributed by atoms with Crippen LogP contribution in [-0.4, -0.2) is 27.2 Å². The van der Waals surface area contributed by atoms with Gasteiger partial charge < -0.3 is 10.6 Å². The molecule has 2 N–H and O–H groups in total. The highest BCUT2D eigenvalue weighted by Gasteiger charge is 2.27. The number of pyridine rings is 1. The van der Waals surface area contributed by atoms with Gasteiger partial charge in [-0.05, 0) is 37.1 Å². The number of imidazole rings is 1. The Balaban J connectivity index is 1.70. The van der Waals surface area contributed by atoms with Crippen LogP contribution in [0.15, 0.2) is 48.7 Å². The zero-order chi connectivity index (χ0) is 17.4. The number of carbonyl (C=O) groups excluding carboxylic acids is 2. The molecule has 0 atom stereocenters. The van der Waals surface area contributed by atoms with E-state index in [1.807, 2.05) is 0 Å². The van der Waals surface area contributed by atoms with E-state index in [1.165, 1.54) is 18.2 Å². The van der Waals surface area contributed by atoms with Crippen molar-refractivity contribution in [2.75, 3.05) is 5.32 Å². The molecule has 0 aliphatic heterocycles. The van der Waals surface area contributed by atoms with Crippen molar-refractivity contribution < 1.29 is 14.0 Å². The second kappa shape index (κ2) is 6.01. The summed E-state index contributed by atoms with van der Waals surface area (Å²) in [6.07, 6.45) is 3.58. The minimum atomic E-state index is -0.570. The molecule has 2 aromatic heterocycles. The van der Waals surface area contributed by atoms with Crippen LogP contribution < -0.4 is 10.6 Å². The third kappa shape index (κ3) is 2.96. The molecule has 0 unspecified atom stereocenters. The molecule has 0 radical (unpaired) electrons. The molecule has 25 heavy (non-hydrogen) atoms. The number of carbonyl (C=O) groups is 2. The Hall–Kier alpha value is -3.22. The predicted molar refractivity (Wildman–Crippen MR) is 90.0 cm³/mol. The second-order valence-electron chi connectivity index (χ2n) is 5.92. The molecule has 1 aliphatic rings. The van der Waals surface area contributed by atoms with Gasteiger partial charge in [0.05, 0.1) is 11.2 Å². The van der Waals surface area contributed by atoms with Crippen LogP contribution in [0.5, 0.6) is 0 Å². The highest BCUT2D eigenvalue weighted by Crippen LogP contribution is 2.21. The molecule has 3 aromatic rings. The van der Waals surface area contributed by atoms with Crippen LogP contribution in [0.3, 0.4) is 0 Å². The smallest absolute Gasteiger partial charge is 0.287 e. The summed E-state index contributed by atoms with van der Waals surface area (Å²) in [5.74, 6) is -1.29. The fraction of sp³-hybridized carbons (Fsp3) is 0.167. The molecule has 2 amide bonds. The van der Waals surface area contributed by atoms with Crippen LogP contribution >= 0.6 is 0 Å². The molecule has 1 saturated carbocycles. The van der Waals surface area contributed by atoms with E-state index in [2.05, 4.69) is 15.6 Å². The summed E-state index contributed by atoms with van der Waals surface area (Å²) in [4.78, 5) is 29.1. The van der Waals surface area contributed by atoms with Gasteiger partial charge in [-0.1, -0.05) is 18.2 Å². The maximum Gasteiger partial charge on any atom is 0.287 e. The largest absolute Gasteiger partial charge is 0.347 e. The fourth-order valence-electron chi connectivity index (χ4n) is 2.59. The second-order valence-corrected chi connectivity index (χ2v) is 5.92. The number of anilines is 1. The summed E-state index contributed by atoms with van der Waals surface area (Å²) in [5.41, 5.74) is 0.621. The molecule has 1 aromatic carbocycles. The molecule has 6 nitrogen and oxygen atoms in total. The number of amides is 2. The topological polar surface area (TPSA) is 75.5 Å². The average molecular weight is 338 g/mol. The first-order chi connectivity index (χ1) is 12.1. The Kier molecular flexibility index (Phi) is 3.68. The number of hydrogen-bond donors (Lipinski definition) is 2. The standard InChI is InChI=1S/C18H15FN4O2/c19-12-5-1-2-6-13(12)21-17(24)15-14-7-3-4-10-23(14)16(22-15)18(25)20-11-8-9-11/h1-7,10-11H,8-9H2,(H,20,25)(H,21,24). The van der Waals surface area contributed by atoms with E-state index < -0.39 is 11.7 Å². The third-order valence-electron chi connectivity index (χ3n) is 4.00. The van der Waals surface area contributed by atoms with Gasteiger partial charge in [0, 0.05) is 12.2 Å². The van der Waals surface area contributed by atoms with Gasteiger partial charge >= 0.3 is 0 Å². The van der Waals surface area contributed by atoms with Gasteiger partial charge in [0.25, 0.3) is 11.8 Å². The summed E-state index contributed by atoms with van der Waals surface area (Å²) in [5, 5.41) is 5.36. The number of nitrogens with one attached hydrogen (secondary N) is 2. The molecule has 1 aliphatic carbocycles. The van der Waals surface area contributed by atoms with Crippen LogP contribution in [0.25, 0.3) is 5.52 Å². The van der Waals surface area contributed by atoms with E-state index in [0.29, 0.717) is 5.52 Å². The lowest BCUT2D eigenvalue weighted by Crippen LogP contribution is -2.27. The van der Waals surface area contributed by atoms with E-state index in [9.17, 15) is 14.0 Å². The van der Waals surface area contributed by atoms with E-state index in [4.69, 9.17) is 0 Å². The lowest BCUT2D eigenvalue weighted by atomic mass is 10.2. The highest BCUT2D eigenvalue weighted by atomic mass is 19.1. The first kappa shape index (κ1) is 15.3. The molecular formula is C18H15FN4O2. The van der Waals surface area contributed by atoms with Gasteiger partial charge in [0.15, 0.2) is 5.69 Å². The van der Waals surface area contributed by atoms with Crippen molar-refractivity contribution in [1.29, 1.82) is 0 Å². The monoisotopic (exact) mass is 338 g/mol. The molecule has 126 valence electrons. The third-order valence-corrected chi connectivity index (χ3v) is 4.00. The van der Waals surface area contributed by atoms with Gasteiger partial charge in [-0.15, -0.1) is 0 Å². The number of aromatic nitrogens is 2. The Bertz CT molecular complexity index is 978. The number of para-hydroxylation sites is 1. The van der Waals surface area contributed by atoms with Gasteiger partial charge in [0.2, 0.25) is 5.82 Å². The van der Waals surface area contributed by atoms with E-state index >= 15 is 0 Å². The summed E-state index contributed by atoms with van der Waals surface area (Å²) < 4.78 is 15.3. The molecule has 2 heterocycles. The zero-order valence-corrected chi connectivity index (χ0v) is 13.2. The van der Waals surface area contributed by atoms with Crippen molar-refractivity contribution in [1.82, 2.24) is 14.7 Å². The molecule has 0 bridgehead atoms. The maximum absolute atomic E-state index is 13.8. The van der Waals surface area contributed by atoms with Crippen molar-refractivity contribution in [2.45, 2.75) is 18.9 Å². The first-order valence-electron chi connectivity index (χ1n) is 7.97. The Labute approximate surface area is 142 Å². The SMILES string of the molecule is O=C(Nc1ccccc1F)c1nc(C(=O)NC2CC2)n2ccccc12. The Morgan fingerprint density at radius 2 is 1.84 bits per heavy atom. The van der Waals surface area contributed by atoms with E-state index in [1.54, 1.807) is 34.9 Å². The number of fused-ring (bicyclic) bond motifs is 1. The van der Waals surface area contributed by atoms with Crippen LogP contribution in [0.4, 0.5) is 10.1 Å². The fourth-order valence-corrected chi connectivity index (χ4v) is 2.59. The van der Waals surface area contributed by atoms with Crippen LogP contribution in [0.2, 0.25) is 0 Å². The van der Waals surface area contributed by atoms with E-state index in [0.717, 1.165) is 12.8 Å². The Morgan fingerprint density at radius 1 is 1.08 bits per heavy atom. The molecule has 0 saturated heterocycles. The summed E-state index contributed by atoms with van der Waals surface area (Å²) >= 11 is 0. The van der Waals surface area contributed by atoms with Gasteiger partial charge in [-0.3, -0.25) is 14.0 Å². The quantitative estimate of drug-likeness (QED) is 0.768. The van der Waals surface area contributed by atoms with Crippen LogP contribution in [-0.2, 0) is 0 Å². The first-order valence-corrected chi connectivity index (χ1v) is 7.97. The van der Waals surface area contributed by atoms with Crippen molar-refractivity contribution >= 4 is 23.0 Å². The molecule has 0 spiro atoms. The van der Waals surface area contributed by atoms with Gasteiger partial charge in [-0.25, -0.2) is 9.37 Å². The number of benzene rings is 1. The highest BCUT2D eigenvalue weighted by molar-refractivity contribution is 6.09. The minimum absolute atomic E-state index is 0.0635. The lowest BCUT2D eigenvalue weighted by Gasteiger charge is -2.04. The summed E-state index contributed by atoms with van der Waals surface area (Å²) in [7, 11) is 0. The number of rotatable bonds is 4. The molecule has 4 rings (SSSR count). The average Bonchev–Trinajstić information content (AvgIpc) is 3.33. The molecule has 1 fully saturated rings. The molecule has 7 heteroatoms. The van der Waals surface area contributed by atoms with Crippen LogP contribution in [0.1, 0.15) is 33.9 Å². The van der Waals surface area contributed by atoms with Crippen molar-refractivity contribution in [3.63, 3.8) is 0 Å². The van der Waals surface area contributed by atoms with Crippen molar-refractivity contribution in [3.8, 4) is 0 Å². The Morgan fingerprint density at radius 3 is 2.60 bits per heavy atom. The van der Waals surface area contributed by atoms with E-state index in [-0.39, 0.29) is 29.2 Å². The van der Waals surface area contributed by atoms with Gasteiger partial charge in [-0.2, -0.15) is 0 Å². The summed E-state index contributed by atoms with van der Waals surface area (Å²) in [6.45, 7) is 0. The van der Waals surface area contributed by atoms with Crippen molar-refractivity contribution in [2.24, 2.45) is 0 Å². The van der Waals surface area contributed by atoms with Crippen LogP contribution in [0, 0.1) is 5.82 Å². The normalized spacial score (nSPS) is 13.6. The van der Waals surface area contributed by atoms with Gasteiger partial charge in [0.1, 0.15) is 5.82 Å². The maximum atomic E-state index is 13.8. The lowest BCUT2D eigenvalue weighted by molar-refractivity contribution is 0.0940. The minimum Gasteiger partial charge on any atom is -0.347 e. The number of halogens is 1.